The van der Waals surface area contributed by atoms with Crippen molar-refractivity contribution in [1.29, 1.82) is 0 Å². The van der Waals surface area contributed by atoms with Crippen molar-refractivity contribution in [2.24, 2.45) is 0 Å². The highest BCUT2D eigenvalue weighted by molar-refractivity contribution is 7.89. The summed E-state index contributed by atoms with van der Waals surface area (Å²) in [5, 5.41) is 2.87. The van der Waals surface area contributed by atoms with Crippen LogP contribution in [0.3, 0.4) is 0 Å². The monoisotopic (exact) mass is 410 g/mol. The molecule has 1 aliphatic heterocycles. The van der Waals surface area contributed by atoms with Gasteiger partial charge in [-0.1, -0.05) is 19.1 Å². The summed E-state index contributed by atoms with van der Waals surface area (Å²) in [5.74, 6) is 0.118. The van der Waals surface area contributed by atoms with E-state index in [0.29, 0.717) is 52.1 Å². The summed E-state index contributed by atoms with van der Waals surface area (Å²) >= 11 is 0. The minimum Gasteiger partial charge on any atom is -0.355 e. The van der Waals surface area contributed by atoms with Crippen molar-refractivity contribution in [1.82, 2.24) is 19.8 Å². The number of hydrogen-bond donors (Lipinski definition) is 2. The van der Waals surface area contributed by atoms with Crippen molar-refractivity contribution in [3.8, 4) is 0 Å². The zero-order valence-electron chi connectivity index (χ0n) is 16.6. The third-order valence-corrected chi connectivity index (χ3v) is 6.22. The molecule has 1 fully saturated rings. The van der Waals surface area contributed by atoms with E-state index in [0.717, 1.165) is 12.0 Å². The van der Waals surface area contributed by atoms with Crippen LogP contribution in [0.5, 0.6) is 0 Å². The first-order valence-corrected chi connectivity index (χ1v) is 11.1. The molecule has 0 saturated carbocycles. The first-order valence-electron chi connectivity index (χ1n) is 9.65. The molecule has 2 amide bonds. The van der Waals surface area contributed by atoms with Crippen LogP contribution in [0.15, 0.2) is 29.2 Å². The number of benzene rings is 1. The highest BCUT2D eigenvalue weighted by atomic mass is 32.2. The maximum absolute atomic E-state index is 12.4. The van der Waals surface area contributed by atoms with Crippen LogP contribution in [0.2, 0.25) is 0 Å². The predicted octanol–water partition coefficient (Wildman–Crippen LogP) is 0.198. The Hall–Kier alpha value is -1.97. The molecular formula is C19H30N4O4S. The van der Waals surface area contributed by atoms with Crippen LogP contribution in [0.25, 0.3) is 0 Å². The number of piperazine rings is 1. The van der Waals surface area contributed by atoms with Crippen molar-refractivity contribution in [2.45, 2.75) is 31.1 Å². The maximum Gasteiger partial charge on any atom is 0.240 e. The molecule has 0 aromatic heterocycles. The standard InChI is InChI=1S/C19H30N4O4S/c1-3-10-21-18(24)15-22-11-13-23(14-12-22)19(25)9-6-16-4-7-17(8-5-16)28(26,27)20-2/h4-5,7-8,20H,3,6,9-15H2,1-2H3,(H,21,24). The number of nitrogens with one attached hydrogen (secondary N) is 2. The van der Waals surface area contributed by atoms with E-state index in [1.165, 1.54) is 7.05 Å². The van der Waals surface area contributed by atoms with E-state index in [9.17, 15) is 18.0 Å². The molecule has 0 radical (unpaired) electrons. The Balaban J connectivity index is 1.75. The lowest BCUT2D eigenvalue weighted by molar-refractivity contribution is -0.133. The molecule has 8 nitrogen and oxygen atoms in total. The van der Waals surface area contributed by atoms with E-state index in [1.807, 2.05) is 11.8 Å². The smallest absolute Gasteiger partial charge is 0.240 e. The summed E-state index contributed by atoms with van der Waals surface area (Å²) in [5.41, 5.74) is 0.926. The van der Waals surface area contributed by atoms with Gasteiger partial charge in [-0.05, 0) is 37.6 Å². The second-order valence-corrected chi connectivity index (χ2v) is 8.74. The average molecular weight is 411 g/mol. The molecule has 1 heterocycles. The molecule has 0 spiro atoms. The van der Waals surface area contributed by atoms with E-state index in [2.05, 4.69) is 14.9 Å². The third kappa shape index (κ3) is 6.57. The molecule has 1 aliphatic rings. The maximum atomic E-state index is 12.4. The van der Waals surface area contributed by atoms with Gasteiger partial charge in [0.1, 0.15) is 0 Å². The first kappa shape index (κ1) is 22.3. The Morgan fingerprint density at radius 3 is 2.29 bits per heavy atom. The van der Waals surface area contributed by atoms with Gasteiger partial charge in [-0.25, -0.2) is 13.1 Å². The van der Waals surface area contributed by atoms with Gasteiger partial charge >= 0.3 is 0 Å². The van der Waals surface area contributed by atoms with Gasteiger partial charge in [-0.15, -0.1) is 0 Å². The molecular weight excluding hydrogens is 380 g/mol. The minimum atomic E-state index is -3.44. The van der Waals surface area contributed by atoms with Crippen LogP contribution in [0.1, 0.15) is 25.3 Å². The van der Waals surface area contributed by atoms with E-state index in [1.54, 1.807) is 24.3 Å². The lowest BCUT2D eigenvalue weighted by Crippen LogP contribution is -2.51. The lowest BCUT2D eigenvalue weighted by atomic mass is 10.1. The van der Waals surface area contributed by atoms with E-state index < -0.39 is 10.0 Å². The Labute approximate surface area is 167 Å². The second-order valence-electron chi connectivity index (χ2n) is 6.86. The van der Waals surface area contributed by atoms with Crippen LogP contribution in [0.4, 0.5) is 0 Å². The fourth-order valence-corrected chi connectivity index (χ4v) is 3.77. The number of amides is 2. The quantitative estimate of drug-likeness (QED) is 0.606. The van der Waals surface area contributed by atoms with Gasteiger partial charge < -0.3 is 10.2 Å². The van der Waals surface area contributed by atoms with Crippen molar-refractivity contribution < 1.29 is 18.0 Å². The summed E-state index contributed by atoms with van der Waals surface area (Å²) in [6.07, 6.45) is 1.87. The molecule has 2 rings (SSSR count). The normalized spacial score (nSPS) is 15.4. The second kappa shape index (κ2) is 10.5. The molecule has 28 heavy (non-hydrogen) atoms. The van der Waals surface area contributed by atoms with Gasteiger partial charge in [0.05, 0.1) is 11.4 Å². The van der Waals surface area contributed by atoms with E-state index in [-0.39, 0.29) is 16.7 Å². The van der Waals surface area contributed by atoms with Crippen LogP contribution in [-0.2, 0) is 26.0 Å². The Morgan fingerprint density at radius 1 is 1.07 bits per heavy atom. The zero-order valence-corrected chi connectivity index (χ0v) is 17.4. The highest BCUT2D eigenvalue weighted by Crippen LogP contribution is 2.12. The number of nitrogens with zero attached hydrogens (tertiary/aromatic N) is 2. The fraction of sp³-hybridized carbons (Fsp3) is 0.579. The van der Waals surface area contributed by atoms with Gasteiger partial charge in [0, 0.05) is 39.1 Å². The largest absolute Gasteiger partial charge is 0.355 e. The molecule has 156 valence electrons. The zero-order chi connectivity index (χ0) is 20.6. The predicted molar refractivity (Wildman–Crippen MR) is 107 cm³/mol. The summed E-state index contributed by atoms with van der Waals surface area (Å²) < 4.78 is 25.7. The molecule has 9 heteroatoms. The molecule has 2 N–H and O–H groups in total. The summed E-state index contributed by atoms with van der Waals surface area (Å²) in [4.78, 5) is 28.3. The Morgan fingerprint density at radius 2 is 1.71 bits per heavy atom. The molecule has 1 saturated heterocycles. The van der Waals surface area contributed by atoms with Crippen molar-refractivity contribution >= 4 is 21.8 Å². The van der Waals surface area contributed by atoms with Gasteiger partial charge in [0.2, 0.25) is 21.8 Å². The van der Waals surface area contributed by atoms with Gasteiger partial charge in [0.15, 0.2) is 0 Å². The number of sulfonamides is 1. The SMILES string of the molecule is CCCNC(=O)CN1CCN(C(=O)CCc2ccc(S(=O)(=O)NC)cc2)CC1. The number of aryl methyl sites for hydroxylation is 1. The lowest BCUT2D eigenvalue weighted by Gasteiger charge is -2.34. The van der Waals surface area contributed by atoms with Crippen molar-refractivity contribution in [3.05, 3.63) is 29.8 Å². The molecule has 0 bridgehead atoms. The average Bonchev–Trinajstić information content (AvgIpc) is 2.71. The fourth-order valence-electron chi connectivity index (χ4n) is 3.04. The first-order chi connectivity index (χ1) is 13.4. The van der Waals surface area contributed by atoms with E-state index in [4.69, 9.17) is 0 Å². The van der Waals surface area contributed by atoms with Crippen LogP contribution in [-0.4, -0.2) is 76.3 Å². The Bertz CT molecular complexity index is 757. The Kier molecular flexibility index (Phi) is 8.40. The van der Waals surface area contributed by atoms with Crippen LogP contribution in [0, 0.1) is 0 Å². The minimum absolute atomic E-state index is 0.0327. The molecule has 0 aliphatic carbocycles. The van der Waals surface area contributed by atoms with Crippen LogP contribution >= 0.6 is 0 Å². The highest BCUT2D eigenvalue weighted by Gasteiger charge is 2.22. The van der Waals surface area contributed by atoms with Crippen molar-refractivity contribution in [2.75, 3.05) is 46.3 Å². The number of rotatable bonds is 9. The van der Waals surface area contributed by atoms with Crippen LogP contribution < -0.4 is 10.0 Å². The van der Waals surface area contributed by atoms with Gasteiger partial charge in [0.25, 0.3) is 0 Å². The van der Waals surface area contributed by atoms with Gasteiger partial charge in [-0.2, -0.15) is 0 Å². The molecule has 0 unspecified atom stereocenters. The summed E-state index contributed by atoms with van der Waals surface area (Å²) in [7, 11) is -2.07. The molecule has 0 atom stereocenters. The van der Waals surface area contributed by atoms with E-state index >= 15 is 0 Å². The molecule has 1 aromatic rings. The van der Waals surface area contributed by atoms with Crippen molar-refractivity contribution in [3.63, 3.8) is 0 Å². The number of carbonyl (C=O) groups is 2. The third-order valence-electron chi connectivity index (χ3n) is 4.79. The topological polar surface area (TPSA) is 98.8 Å². The summed E-state index contributed by atoms with van der Waals surface area (Å²) in [6, 6.07) is 6.58. The molecule has 1 aromatic carbocycles. The number of carbonyl (C=O) groups excluding carboxylic acids is 2. The van der Waals surface area contributed by atoms with Gasteiger partial charge in [-0.3, -0.25) is 14.5 Å². The summed E-state index contributed by atoms with van der Waals surface area (Å²) in [6.45, 7) is 5.73. The number of hydrogen-bond acceptors (Lipinski definition) is 5.